The van der Waals surface area contributed by atoms with E-state index in [4.69, 9.17) is 14.6 Å². The predicted octanol–water partition coefficient (Wildman–Crippen LogP) is -5.70. The summed E-state index contributed by atoms with van der Waals surface area (Å²) >= 11 is 0. The molecule has 5 atom stereocenters. The summed E-state index contributed by atoms with van der Waals surface area (Å²) in [6, 6.07) is 0. The van der Waals surface area contributed by atoms with Crippen LogP contribution in [0.5, 0.6) is 0 Å². The summed E-state index contributed by atoms with van der Waals surface area (Å²) in [6.07, 6.45) is -6.07. The third kappa shape index (κ3) is 3.60. The second-order valence-corrected chi connectivity index (χ2v) is 3.77. The summed E-state index contributed by atoms with van der Waals surface area (Å²) in [5, 5.41) is 47.5. The molecule has 7 nitrogen and oxygen atoms in total. The van der Waals surface area contributed by atoms with E-state index >= 15 is 0 Å². The molecule has 5 N–H and O–H groups in total. The van der Waals surface area contributed by atoms with Crippen molar-refractivity contribution in [1.29, 1.82) is 0 Å². The number of ether oxygens (including phenoxy) is 2. The van der Waals surface area contributed by atoms with Crippen molar-refractivity contribution in [2.45, 2.75) is 37.1 Å². The van der Waals surface area contributed by atoms with Crippen molar-refractivity contribution in [2.75, 3.05) is 19.8 Å². The summed E-state index contributed by atoms with van der Waals surface area (Å²) in [5.74, 6) is 0. The molecular formula is C9H19NaO7. The Morgan fingerprint density at radius 3 is 2.35 bits per heavy atom. The zero-order valence-corrected chi connectivity index (χ0v) is 12.0. The van der Waals surface area contributed by atoms with Crippen molar-refractivity contribution in [3.05, 3.63) is 0 Å². The van der Waals surface area contributed by atoms with E-state index in [9.17, 15) is 20.4 Å². The molecule has 0 unspecified atom stereocenters. The van der Waals surface area contributed by atoms with Crippen LogP contribution in [0.4, 0.5) is 0 Å². The summed E-state index contributed by atoms with van der Waals surface area (Å²) in [5.41, 5.74) is -2.05. The molecule has 1 aliphatic heterocycles. The molecule has 1 rings (SSSR count). The third-order valence-corrected chi connectivity index (χ3v) is 2.68. The summed E-state index contributed by atoms with van der Waals surface area (Å²) in [7, 11) is 0. The Morgan fingerprint density at radius 1 is 1.29 bits per heavy atom. The van der Waals surface area contributed by atoms with Gasteiger partial charge in [-0.2, -0.15) is 0 Å². The number of hydrogen-bond acceptors (Lipinski definition) is 7. The van der Waals surface area contributed by atoms with Crippen LogP contribution >= 0.6 is 0 Å². The molecule has 17 heavy (non-hydrogen) atoms. The van der Waals surface area contributed by atoms with Gasteiger partial charge >= 0.3 is 29.6 Å². The number of rotatable bonds is 4. The summed E-state index contributed by atoms with van der Waals surface area (Å²) in [4.78, 5) is 0. The van der Waals surface area contributed by atoms with E-state index in [1.807, 2.05) is 0 Å². The molecule has 0 aliphatic carbocycles. The van der Waals surface area contributed by atoms with Gasteiger partial charge in [0.05, 0.1) is 13.2 Å². The topological polar surface area (TPSA) is 120 Å². The van der Waals surface area contributed by atoms with Gasteiger partial charge in [0, 0.05) is 6.61 Å². The fourth-order valence-electron chi connectivity index (χ4n) is 1.65. The monoisotopic (exact) mass is 262 g/mol. The molecule has 1 heterocycles. The van der Waals surface area contributed by atoms with Crippen LogP contribution in [-0.2, 0) is 9.47 Å². The van der Waals surface area contributed by atoms with Crippen molar-refractivity contribution in [3.8, 4) is 0 Å². The maximum absolute atomic E-state index is 10.0. The quantitative estimate of drug-likeness (QED) is 0.320. The smallest absolute Gasteiger partial charge is 1.00 e. The minimum atomic E-state index is -2.05. The van der Waals surface area contributed by atoms with Crippen molar-refractivity contribution in [3.63, 3.8) is 0 Å². The molecule has 0 radical (unpaired) electrons. The maximum Gasteiger partial charge on any atom is 1.00 e. The minimum absolute atomic E-state index is 0. The zero-order valence-electron chi connectivity index (χ0n) is 11.0. The predicted molar refractivity (Wildman–Crippen MR) is 52.5 cm³/mol. The molecule has 0 aromatic rings. The van der Waals surface area contributed by atoms with Crippen molar-refractivity contribution < 1.29 is 66.0 Å². The molecule has 98 valence electrons. The van der Waals surface area contributed by atoms with Crippen LogP contribution in [0.2, 0.25) is 0 Å². The molecule has 1 fully saturated rings. The van der Waals surface area contributed by atoms with Gasteiger partial charge in [-0.3, -0.25) is 0 Å². The Bertz CT molecular complexity index is 235. The summed E-state index contributed by atoms with van der Waals surface area (Å²) < 4.78 is 9.67. The molecule has 0 spiro atoms. The maximum atomic E-state index is 10.0. The molecular weight excluding hydrogens is 243 g/mol. The fraction of sp³-hybridized carbons (Fsp3) is 1.00. The Morgan fingerprint density at radius 2 is 1.88 bits per heavy atom. The van der Waals surface area contributed by atoms with E-state index in [0.717, 1.165) is 0 Å². The Balaban J connectivity index is 0. The molecule has 0 aromatic heterocycles. The van der Waals surface area contributed by atoms with Gasteiger partial charge in [-0.1, -0.05) is 0 Å². The third-order valence-electron chi connectivity index (χ3n) is 2.68. The minimum Gasteiger partial charge on any atom is -1.00 e. The first-order valence-electron chi connectivity index (χ1n) is 5.08. The second kappa shape index (κ2) is 7.34. The van der Waals surface area contributed by atoms with Crippen molar-refractivity contribution >= 4 is 0 Å². The van der Waals surface area contributed by atoms with Gasteiger partial charge in [-0.25, -0.2) is 0 Å². The van der Waals surface area contributed by atoms with Crippen LogP contribution in [0.3, 0.4) is 0 Å². The summed E-state index contributed by atoms with van der Waals surface area (Å²) in [6.45, 7) is 1.02. The zero-order chi connectivity index (χ0) is 12.3. The van der Waals surface area contributed by atoms with E-state index in [2.05, 4.69) is 0 Å². The average molecular weight is 262 g/mol. The standard InChI is InChI=1S/C9H18O7.Na.H/c1-2-15-4-9(14)6(11)5(3-10)16-8(13)7(9)12;;/h5-8,10-14H,2-4H2,1H3;;/q;+1;-1/t5-,6-,7-,8+,9+;;/m1../s1. The number of hydrogen-bond donors (Lipinski definition) is 5. The molecule has 1 aliphatic rings. The number of aliphatic hydroxyl groups is 5. The van der Waals surface area contributed by atoms with E-state index in [-0.39, 0.29) is 44.2 Å². The molecule has 0 amide bonds. The van der Waals surface area contributed by atoms with Crippen LogP contribution in [0.15, 0.2) is 0 Å². The van der Waals surface area contributed by atoms with Crippen molar-refractivity contribution in [2.24, 2.45) is 0 Å². The van der Waals surface area contributed by atoms with Crippen LogP contribution in [0.25, 0.3) is 0 Å². The Hall–Kier alpha value is 0.720. The van der Waals surface area contributed by atoms with Gasteiger partial charge in [-0.15, -0.1) is 0 Å². The van der Waals surface area contributed by atoms with Crippen LogP contribution in [0, 0.1) is 0 Å². The Labute approximate surface area is 123 Å². The van der Waals surface area contributed by atoms with E-state index < -0.39 is 36.8 Å². The SMILES string of the molecule is CCOC[C@@]1(O)[C@H](O)[C@@H](O)O[C@H](CO)[C@H]1O.[H-].[Na+]. The first-order valence-corrected chi connectivity index (χ1v) is 5.08. The van der Waals surface area contributed by atoms with Crippen molar-refractivity contribution in [1.82, 2.24) is 0 Å². The van der Waals surface area contributed by atoms with Gasteiger partial charge in [0.25, 0.3) is 0 Å². The molecule has 0 aromatic carbocycles. The van der Waals surface area contributed by atoms with Gasteiger partial charge in [-0.05, 0) is 6.92 Å². The first kappa shape index (κ1) is 17.7. The largest absolute Gasteiger partial charge is 1.00 e. The van der Waals surface area contributed by atoms with Gasteiger partial charge < -0.3 is 36.4 Å². The average Bonchev–Trinajstić information content (AvgIpc) is 2.29. The van der Waals surface area contributed by atoms with E-state index in [1.54, 1.807) is 6.92 Å². The normalized spacial score (nSPS) is 42.0. The molecule has 1 saturated heterocycles. The number of aliphatic hydroxyl groups excluding tert-OH is 4. The molecule has 8 heteroatoms. The van der Waals surface area contributed by atoms with Gasteiger partial charge in [0.1, 0.15) is 23.9 Å². The van der Waals surface area contributed by atoms with Gasteiger partial charge in [0.2, 0.25) is 0 Å². The van der Waals surface area contributed by atoms with Crippen LogP contribution in [0.1, 0.15) is 8.35 Å². The first-order chi connectivity index (χ1) is 7.47. The van der Waals surface area contributed by atoms with Crippen LogP contribution in [-0.4, -0.2) is 75.6 Å². The van der Waals surface area contributed by atoms with E-state index in [0.29, 0.717) is 0 Å². The molecule has 0 bridgehead atoms. The van der Waals surface area contributed by atoms with Gasteiger partial charge in [0.15, 0.2) is 6.29 Å². The van der Waals surface area contributed by atoms with E-state index in [1.165, 1.54) is 0 Å². The Kier molecular flexibility index (Phi) is 7.65. The fourth-order valence-corrected chi connectivity index (χ4v) is 1.65. The second-order valence-electron chi connectivity index (χ2n) is 3.77. The molecule has 0 saturated carbocycles. The van der Waals surface area contributed by atoms with Crippen LogP contribution < -0.4 is 29.6 Å².